The third-order valence-electron chi connectivity index (χ3n) is 5.28. The molecule has 0 unspecified atom stereocenters. The van der Waals surface area contributed by atoms with Crippen molar-refractivity contribution in [2.45, 2.75) is 19.9 Å². The molecule has 0 atom stereocenters. The van der Waals surface area contributed by atoms with Crippen molar-refractivity contribution in [3.8, 4) is 28.1 Å². The molecule has 0 radical (unpaired) electrons. The van der Waals surface area contributed by atoms with Gasteiger partial charge in [-0.25, -0.2) is 4.98 Å². The highest BCUT2D eigenvalue weighted by molar-refractivity contribution is 6.36. The molecular formula is C27H24Cl2N2O. The summed E-state index contributed by atoms with van der Waals surface area (Å²) in [5.74, 6) is 1.73. The Morgan fingerprint density at radius 2 is 1.53 bits per heavy atom. The molecule has 0 saturated heterocycles. The van der Waals surface area contributed by atoms with Crippen LogP contribution in [0.2, 0.25) is 10.0 Å². The summed E-state index contributed by atoms with van der Waals surface area (Å²) in [6.45, 7) is 4.27. The first kappa shape index (κ1) is 22.2. The predicted molar refractivity (Wildman–Crippen MR) is 135 cm³/mol. The Hall–Kier alpha value is -3.01. The second-order valence-corrected chi connectivity index (χ2v) is 8.64. The fourth-order valence-electron chi connectivity index (χ4n) is 3.51. The summed E-state index contributed by atoms with van der Waals surface area (Å²) in [7, 11) is 1.67. The molecule has 0 amide bonds. The van der Waals surface area contributed by atoms with Crippen LogP contribution in [0.3, 0.4) is 0 Å². The van der Waals surface area contributed by atoms with Gasteiger partial charge in [-0.2, -0.15) is 0 Å². The van der Waals surface area contributed by atoms with E-state index in [1.807, 2.05) is 36.5 Å². The topological polar surface area (TPSA) is 27.1 Å². The van der Waals surface area contributed by atoms with Crippen molar-refractivity contribution in [1.82, 2.24) is 9.55 Å². The van der Waals surface area contributed by atoms with Gasteiger partial charge in [0.2, 0.25) is 0 Å². The van der Waals surface area contributed by atoms with Gasteiger partial charge in [0.05, 0.1) is 17.8 Å². The Morgan fingerprint density at radius 3 is 2.12 bits per heavy atom. The Labute approximate surface area is 198 Å². The monoisotopic (exact) mass is 462 g/mol. The van der Waals surface area contributed by atoms with Gasteiger partial charge >= 0.3 is 0 Å². The molecule has 0 aliphatic carbocycles. The molecule has 162 valence electrons. The summed E-state index contributed by atoms with van der Waals surface area (Å²) in [4.78, 5) is 4.83. The van der Waals surface area contributed by atoms with Crippen LogP contribution >= 0.6 is 23.2 Å². The van der Waals surface area contributed by atoms with E-state index in [0.717, 1.165) is 39.5 Å². The molecule has 32 heavy (non-hydrogen) atoms. The zero-order valence-electron chi connectivity index (χ0n) is 18.2. The van der Waals surface area contributed by atoms with E-state index >= 15 is 0 Å². The molecule has 0 bridgehead atoms. The van der Waals surface area contributed by atoms with Crippen LogP contribution in [-0.4, -0.2) is 16.7 Å². The maximum absolute atomic E-state index is 6.40. The lowest BCUT2D eigenvalue weighted by atomic mass is 10.0. The third-order valence-corrected chi connectivity index (χ3v) is 5.83. The van der Waals surface area contributed by atoms with Crippen LogP contribution in [-0.2, 0) is 0 Å². The van der Waals surface area contributed by atoms with Crippen LogP contribution in [0.1, 0.15) is 31.3 Å². The summed E-state index contributed by atoms with van der Waals surface area (Å²) in [5, 5.41) is 1.20. The molecule has 4 rings (SSSR count). The van der Waals surface area contributed by atoms with Gasteiger partial charge in [0, 0.05) is 22.8 Å². The minimum Gasteiger partial charge on any atom is -0.497 e. The number of halogens is 2. The van der Waals surface area contributed by atoms with Crippen LogP contribution < -0.4 is 4.74 Å². The molecule has 0 aliphatic rings. The number of imidazole rings is 1. The van der Waals surface area contributed by atoms with E-state index in [0.29, 0.717) is 10.0 Å². The second kappa shape index (κ2) is 9.64. The highest BCUT2D eigenvalue weighted by Crippen LogP contribution is 2.31. The Bertz CT molecular complexity index is 1240. The molecular weight excluding hydrogens is 439 g/mol. The van der Waals surface area contributed by atoms with Crippen LogP contribution in [0, 0.1) is 0 Å². The van der Waals surface area contributed by atoms with Crippen LogP contribution in [0.25, 0.3) is 34.5 Å². The smallest absolute Gasteiger partial charge is 0.133 e. The normalized spacial score (nSPS) is 11.4. The van der Waals surface area contributed by atoms with E-state index in [1.165, 1.54) is 0 Å². The minimum atomic E-state index is 0.263. The largest absolute Gasteiger partial charge is 0.497 e. The van der Waals surface area contributed by atoms with E-state index in [1.54, 1.807) is 13.2 Å². The van der Waals surface area contributed by atoms with Crippen molar-refractivity contribution in [3.63, 3.8) is 0 Å². The van der Waals surface area contributed by atoms with Gasteiger partial charge < -0.3 is 9.30 Å². The SMILES string of the molecule is COc1ccc(-c2ccc(C=Cc3nc(-c4ccc(Cl)cc4Cl)cn3C(C)C)cc2)cc1. The number of ether oxygens (including phenoxy) is 1. The number of hydrogen-bond donors (Lipinski definition) is 0. The molecule has 0 N–H and O–H groups in total. The van der Waals surface area contributed by atoms with E-state index in [9.17, 15) is 0 Å². The fraction of sp³-hybridized carbons (Fsp3) is 0.148. The lowest BCUT2D eigenvalue weighted by Crippen LogP contribution is -2.01. The quantitative estimate of drug-likeness (QED) is 0.288. The van der Waals surface area contributed by atoms with Gasteiger partial charge in [0.25, 0.3) is 0 Å². The van der Waals surface area contributed by atoms with Gasteiger partial charge in [0.15, 0.2) is 0 Å². The predicted octanol–water partition coefficient (Wildman–Crippen LogP) is 8.28. The standard InChI is InChI=1S/C27H24Cl2N2O/c1-18(2)31-17-26(24-14-11-22(28)16-25(24)29)30-27(31)15-6-19-4-7-20(8-5-19)21-9-12-23(32-3)13-10-21/h4-18H,1-3H3. The van der Waals surface area contributed by atoms with Crippen LogP contribution in [0.5, 0.6) is 5.75 Å². The summed E-state index contributed by atoms with van der Waals surface area (Å²) in [6, 6.07) is 22.3. The van der Waals surface area contributed by atoms with Crippen molar-refractivity contribution < 1.29 is 4.74 Å². The van der Waals surface area contributed by atoms with E-state index in [-0.39, 0.29) is 6.04 Å². The highest BCUT2D eigenvalue weighted by atomic mass is 35.5. The number of aromatic nitrogens is 2. The first-order valence-corrected chi connectivity index (χ1v) is 11.2. The van der Waals surface area contributed by atoms with Gasteiger partial charge in [-0.15, -0.1) is 0 Å². The molecule has 5 heteroatoms. The van der Waals surface area contributed by atoms with E-state index < -0.39 is 0 Å². The molecule has 0 fully saturated rings. The molecule has 3 aromatic carbocycles. The highest BCUT2D eigenvalue weighted by Gasteiger charge is 2.13. The third kappa shape index (κ3) is 4.90. The van der Waals surface area contributed by atoms with Crippen molar-refractivity contribution >= 4 is 35.4 Å². The minimum absolute atomic E-state index is 0.263. The molecule has 1 heterocycles. The first-order chi connectivity index (χ1) is 15.4. The zero-order valence-corrected chi connectivity index (χ0v) is 19.7. The molecule has 0 spiro atoms. The molecule has 3 nitrogen and oxygen atoms in total. The van der Waals surface area contributed by atoms with Gasteiger partial charge in [0.1, 0.15) is 11.6 Å². The summed E-state index contributed by atoms with van der Waals surface area (Å²) in [6.07, 6.45) is 6.15. The van der Waals surface area contributed by atoms with Crippen molar-refractivity contribution in [3.05, 3.63) is 94.4 Å². The average molecular weight is 463 g/mol. The fourth-order valence-corrected chi connectivity index (χ4v) is 4.02. The van der Waals surface area contributed by atoms with E-state index in [2.05, 4.69) is 60.9 Å². The lowest BCUT2D eigenvalue weighted by Gasteiger charge is -2.08. The van der Waals surface area contributed by atoms with Gasteiger partial charge in [-0.05, 0) is 66.9 Å². The van der Waals surface area contributed by atoms with Gasteiger partial charge in [-0.3, -0.25) is 0 Å². The zero-order chi connectivity index (χ0) is 22.7. The second-order valence-electron chi connectivity index (χ2n) is 7.79. The molecule has 0 saturated carbocycles. The van der Waals surface area contributed by atoms with Crippen LogP contribution in [0.15, 0.2) is 72.9 Å². The number of rotatable bonds is 6. The van der Waals surface area contributed by atoms with Crippen molar-refractivity contribution in [2.24, 2.45) is 0 Å². The summed E-state index contributed by atoms with van der Waals surface area (Å²) in [5.41, 5.74) is 5.12. The van der Waals surface area contributed by atoms with Crippen molar-refractivity contribution in [2.75, 3.05) is 7.11 Å². The number of hydrogen-bond acceptors (Lipinski definition) is 2. The van der Waals surface area contributed by atoms with Crippen molar-refractivity contribution in [1.29, 1.82) is 0 Å². The average Bonchev–Trinajstić information content (AvgIpc) is 3.22. The maximum atomic E-state index is 6.40. The summed E-state index contributed by atoms with van der Waals surface area (Å²) >= 11 is 12.4. The van der Waals surface area contributed by atoms with Gasteiger partial charge in [-0.1, -0.05) is 65.7 Å². The van der Waals surface area contributed by atoms with E-state index in [4.69, 9.17) is 32.9 Å². The molecule has 1 aromatic heterocycles. The maximum Gasteiger partial charge on any atom is 0.133 e. The molecule has 0 aliphatic heterocycles. The lowest BCUT2D eigenvalue weighted by molar-refractivity contribution is 0.415. The number of methoxy groups -OCH3 is 1. The number of nitrogens with zero attached hydrogens (tertiary/aromatic N) is 2. The first-order valence-electron chi connectivity index (χ1n) is 10.4. The Balaban J connectivity index is 1.59. The Kier molecular flexibility index (Phi) is 6.69. The number of benzene rings is 3. The summed E-state index contributed by atoms with van der Waals surface area (Å²) < 4.78 is 7.38. The van der Waals surface area contributed by atoms with Crippen LogP contribution in [0.4, 0.5) is 0 Å². The Morgan fingerprint density at radius 1 is 0.875 bits per heavy atom. The molecule has 4 aromatic rings.